The number of benzene rings is 1. The first-order valence-electron chi connectivity index (χ1n) is 8.94. The number of ether oxygens (including phenoxy) is 1. The molecule has 1 aliphatic rings. The average Bonchev–Trinajstić information content (AvgIpc) is 3.10. The van der Waals surface area contributed by atoms with Gasteiger partial charge in [0.15, 0.2) is 0 Å². The van der Waals surface area contributed by atoms with E-state index >= 15 is 0 Å². The predicted molar refractivity (Wildman–Crippen MR) is 101 cm³/mol. The van der Waals surface area contributed by atoms with E-state index in [0.717, 1.165) is 17.7 Å². The molecule has 1 aromatic heterocycles. The molecule has 3 rings (SSSR count). The first-order valence-corrected chi connectivity index (χ1v) is 9.92. The number of methoxy groups -OCH3 is 1. The fourth-order valence-corrected chi connectivity index (χ4v) is 3.99. The van der Waals surface area contributed by atoms with Gasteiger partial charge >= 0.3 is 0 Å². The highest BCUT2D eigenvalue weighted by Crippen LogP contribution is 2.27. The van der Waals surface area contributed by atoms with E-state index in [4.69, 9.17) is 4.74 Å². The molecule has 1 amide bonds. The monoisotopic (exact) mass is 375 g/mol. The number of tetrazole rings is 1. The molecule has 1 fully saturated rings. The Morgan fingerprint density at radius 2 is 2.19 bits per heavy atom. The Labute approximate surface area is 157 Å². The number of thioether (sulfide) groups is 1. The van der Waals surface area contributed by atoms with Crippen LogP contribution in [0.5, 0.6) is 5.75 Å². The van der Waals surface area contributed by atoms with E-state index in [0.29, 0.717) is 16.8 Å². The molecule has 1 N–H and O–H groups in total. The van der Waals surface area contributed by atoms with Crippen molar-refractivity contribution in [3.05, 3.63) is 23.8 Å². The highest BCUT2D eigenvalue weighted by molar-refractivity contribution is 7.99. The van der Waals surface area contributed by atoms with Gasteiger partial charge in [-0.25, -0.2) is 0 Å². The zero-order chi connectivity index (χ0) is 18.5. The van der Waals surface area contributed by atoms with E-state index in [2.05, 4.69) is 27.8 Å². The SMILES string of the molecule is COc1ccc(C)cc1-n1nnnc1SCC(=O)N[C@@H]1CCCC[C@@H]1C. The number of amides is 1. The first-order chi connectivity index (χ1) is 12.6. The summed E-state index contributed by atoms with van der Waals surface area (Å²) < 4.78 is 7.03. The summed E-state index contributed by atoms with van der Waals surface area (Å²) in [4.78, 5) is 12.3. The summed E-state index contributed by atoms with van der Waals surface area (Å²) in [6, 6.07) is 6.10. The third kappa shape index (κ3) is 4.35. The van der Waals surface area contributed by atoms with Crippen molar-refractivity contribution < 1.29 is 9.53 Å². The van der Waals surface area contributed by atoms with E-state index in [1.54, 1.807) is 11.8 Å². The number of carbonyl (C=O) groups excluding carboxylic acids is 1. The van der Waals surface area contributed by atoms with Crippen molar-refractivity contribution in [2.75, 3.05) is 12.9 Å². The van der Waals surface area contributed by atoms with Crippen molar-refractivity contribution in [1.29, 1.82) is 0 Å². The van der Waals surface area contributed by atoms with Crippen molar-refractivity contribution in [2.45, 2.75) is 50.7 Å². The Bertz CT molecular complexity index is 764. The van der Waals surface area contributed by atoms with E-state index in [-0.39, 0.29) is 17.7 Å². The second-order valence-electron chi connectivity index (χ2n) is 6.77. The predicted octanol–water partition coefficient (Wildman–Crippen LogP) is 2.77. The van der Waals surface area contributed by atoms with Gasteiger partial charge in [-0.3, -0.25) is 4.79 Å². The minimum Gasteiger partial charge on any atom is -0.494 e. The van der Waals surface area contributed by atoms with Gasteiger partial charge in [-0.15, -0.1) is 5.10 Å². The standard InChI is InChI=1S/C18H25N5O2S/c1-12-8-9-16(25-3)15(10-12)23-18(20-21-22-23)26-11-17(24)19-14-7-5-4-6-13(14)2/h8-10,13-14H,4-7,11H2,1-3H3,(H,19,24)/t13-,14+/m0/s1. The molecular weight excluding hydrogens is 350 g/mol. The van der Waals surface area contributed by atoms with Crippen LogP contribution >= 0.6 is 11.8 Å². The molecule has 7 nitrogen and oxygen atoms in total. The molecule has 2 atom stereocenters. The van der Waals surface area contributed by atoms with Crippen LogP contribution in [0.25, 0.3) is 5.69 Å². The number of hydrogen-bond acceptors (Lipinski definition) is 6. The Balaban J connectivity index is 1.66. The van der Waals surface area contributed by atoms with Crippen molar-refractivity contribution in [3.63, 3.8) is 0 Å². The number of hydrogen-bond donors (Lipinski definition) is 1. The molecule has 0 radical (unpaired) electrons. The van der Waals surface area contributed by atoms with Crippen LogP contribution in [0.1, 0.15) is 38.2 Å². The third-order valence-corrected chi connectivity index (χ3v) is 5.71. The molecule has 2 aromatic rings. The van der Waals surface area contributed by atoms with Gasteiger partial charge < -0.3 is 10.1 Å². The molecule has 0 spiro atoms. The Kier molecular flexibility index (Phi) is 6.13. The number of rotatable bonds is 6. The van der Waals surface area contributed by atoms with Crippen LogP contribution in [-0.4, -0.2) is 45.0 Å². The molecule has 1 aliphatic carbocycles. The molecule has 26 heavy (non-hydrogen) atoms. The summed E-state index contributed by atoms with van der Waals surface area (Å²) in [7, 11) is 1.62. The van der Waals surface area contributed by atoms with E-state index in [1.165, 1.54) is 31.0 Å². The minimum atomic E-state index is 0.0273. The zero-order valence-corrected chi connectivity index (χ0v) is 16.3. The largest absolute Gasteiger partial charge is 0.494 e. The summed E-state index contributed by atoms with van der Waals surface area (Å²) in [5.41, 5.74) is 1.84. The maximum Gasteiger partial charge on any atom is 0.230 e. The lowest BCUT2D eigenvalue weighted by atomic mass is 9.86. The molecular formula is C18H25N5O2S. The van der Waals surface area contributed by atoms with Crippen LogP contribution in [0, 0.1) is 12.8 Å². The molecule has 1 aromatic carbocycles. The van der Waals surface area contributed by atoms with Gasteiger partial charge in [0.25, 0.3) is 0 Å². The smallest absolute Gasteiger partial charge is 0.230 e. The maximum absolute atomic E-state index is 12.3. The minimum absolute atomic E-state index is 0.0273. The second kappa shape index (κ2) is 8.53. The molecule has 0 saturated heterocycles. The van der Waals surface area contributed by atoms with E-state index in [9.17, 15) is 4.79 Å². The first kappa shape index (κ1) is 18.7. The van der Waals surface area contributed by atoms with E-state index < -0.39 is 0 Å². The molecule has 0 unspecified atom stereocenters. The Hall–Kier alpha value is -2.09. The second-order valence-corrected chi connectivity index (χ2v) is 7.72. The van der Waals surface area contributed by atoms with Crippen LogP contribution in [0.3, 0.4) is 0 Å². The molecule has 1 heterocycles. The van der Waals surface area contributed by atoms with Gasteiger partial charge in [-0.2, -0.15) is 4.68 Å². The summed E-state index contributed by atoms with van der Waals surface area (Å²) >= 11 is 1.33. The fourth-order valence-electron chi connectivity index (χ4n) is 3.29. The van der Waals surface area contributed by atoms with Crippen LogP contribution in [0.2, 0.25) is 0 Å². The van der Waals surface area contributed by atoms with Crippen LogP contribution < -0.4 is 10.1 Å². The summed E-state index contributed by atoms with van der Waals surface area (Å²) in [5, 5.41) is 15.6. The van der Waals surface area contributed by atoms with Crippen LogP contribution in [0.15, 0.2) is 23.4 Å². The van der Waals surface area contributed by atoms with Gasteiger partial charge in [0.2, 0.25) is 11.1 Å². The van der Waals surface area contributed by atoms with Crippen LogP contribution in [0.4, 0.5) is 0 Å². The third-order valence-electron chi connectivity index (χ3n) is 4.79. The number of aromatic nitrogens is 4. The maximum atomic E-state index is 12.3. The lowest BCUT2D eigenvalue weighted by molar-refractivity contribution is -0.119. The normalized spacial score (nSPS) is 20.0. The molecule has 140 valence electrons. The number of aryl methyl sites for hydroxylation is 1. The quantitative estimate of drug-likeness (QED) is 0.782. The van der Waals surface area contributed by atoms with Gasteiger partial charge in [0.1, 0.15) is 11.4 Å². The number of nitrogens with zero attached hydrogens (tertiary/aromatic N) is 4. The topological polar surface area (TPSA) is 81.9 Å². The number of carbonyl (C=O) groups is 1. The van der Waals surface area contributed by atoms with Crippen molar-refractivity contribution >= 4 is 17.7 Å². The van der Waals surface area contributed by atoms with Crippen molar-refractivity contribution in [1.82, 2.24) is 25.5 Å². The fraction of sp³-hybridized carbons (Fsp3) is 0.556. The van der Waals surface area contributed by atoms with Crippen LogP contribution in [-0.2, 0) is 4.79 Å². The lowest BCUT2D eigenvalue weighted by Crippen LogP contribution is -2.41. The Morgan fingerprint density at radius 3 is 2.96 bits per heavy atom. The zero-order valence-electron chi connectivity index (χ0n) is 15.4. The summed E-state index contributed by atoms with van der Waals surface area (Å²) in [5.74, 6) is 1.54. The van der Waals surface area contributed by atoms with E-state index in [1.807, 2.05) is 25.1 Å². The number of nitrogens with one attached hydrogen (secondary N) is 1. The van der Waals surface area contributed by atoms with Gasteiger partial charge in [-0.1, -0.05) is 37.6 Å². The molecule has 0 bridgehead atoms. The Morgan fingerprint density at radius 1 is 1.38 bits per heavy atom. The molecule has 1 saturated carbocycles. The summed E-state index contributed by atoms with van der Waals surface area (Å²) in [6.07, 6.45) is 4.70. The molecule has 8 heteroatoms. The highest BCUT2D eigenvalue weighted by Gasteiger charge is 2.23. The van der Waals surface area contributed by atoms with Gasteiger partial charge in [0, 0.05) is 6.04 Å². The lowest BCUT2D eigenvalue weighted by Gasteiger charge is -2.29. The van der Waals surface area contributed by atoms with Crippen molar-refractivity contribution in [2.24, 2.45) is 5.92 Å². The molecule has 0 aliphatic heterocycles. The van der Waals surface area contributed by atoms with Crippen molar-refractivity contribution in [3.8, 4) is 11.4 Å². The highest BCUT2D eigenvalue weighted by atomic mass is 32.2. The average molecular weight is 375 g/mol. The summed E-state index contributed by atoms with van der Waals surface area (Å²) in [6.45, 7) is 4.21. The van der Waals surface area contributed by atoms with Gasteiger partial charge in [0.05, 0.1) is 12.9 Å². The van der Waals surface area contributed by atoms with Gasteiger partial charge in [-0.05, 0) is 53.8 Å².